The van der Waals surface area contributed by atoms with E-state index < -0.39 is 4.92 Å². The molecule has 0 amide bonds. The zero-order valence-electron chi connectivity index (χ0n) is 7.88. The lowest BCUT2D eigenvalue weighted by Crippen LogP contribution is -1.89. The van der Waals surface area contributed by atoms with Gasteiger partial charge in [0.05, 0.1) is 16.7 Å². The van der Waals surface area contributed by atoms with Gasteiger partial charge in [-0.1, -0.05) is 0 Å². The molecule has 2 rings (SSSR count). The molecule has 6 nitrogen and oxygen atoms in total. The van der Waals surface area contributed by atoms with Gasteiger partial charge < -0.3 is 4.42 Å². The van der Waals surface area contributed by atoms with Gasteiger partial charge in [-0.25, -0.2) is 4.98 Å². The molecule has 0 aliphatic heterocycles. The topological polar surface area (TPSA) is 82.1 Å². The van der Waals surface area contributed by atoms with Gasteiger partial charge in [-0.3, -0.25) is 15.1 Å². The molecule has 6 heteroatoms. The third-order valence-corrected chi connectivity index (χ3v) is 1.80. The molecular weight excluding hydrogens is 198 g/mol. The van der Waals surface area contributed by atoms with Crippen LogP contribution >= 0.6 is 0 Å². The van der Waals surface area contributed by atoms with E-state index >= 15 is 0 Å². The minimum atomic E-state index is -0.508. The molecule has 0 aliphatic carbocycles. The number of pyridine rings is 1. The fourth-order valence-corrected chi connectivity index (χ4v) is 1.13. The van der Waals surface area contributed by atoms with Crippen molar-refractivity contribution in [1.82, 2.24) is 9.97 Å². The molecule has 0 radical (unpaired) electrons. The summed E-state index contributed by atoms with van der Waals surface area (Å²) in [6.07, 6.45) is 4.20. The summed E-state index contributed by atoms with van der Waals surface area (Å²) in [6, 6.07) is 1.37. The second kappa shape index (κ2) is 3.49. The fourth-order valence-electron chi connectivity index (χ4n) is 1.13. The van der Waals surface area contributed by atoms with Crippen LogP contribution in [0.15, 0.2) is 29.1 Å². The second-order valence-electron chi connectivity index (χ2n) is 2.96. The van der Waals surface area contributed by atoms with Crippen molar-refractivity contribution in [2.75, 3.05) is 0 Å². The predicted molar refractivity (Wildman–Crippen MR) is 51.1 cm³/mol. The lowest BCUT2D eigenvalue weighted by Gasteiger charge is -1.94. The Hall–Kier alpha value is -2.24. The number of hydrogen-bond donors (Lipinski definition) is 0. The highest BCUT2D eigenvalue weighted by atomic mass is 16.6. The van der Waals surface area contributed by atoms with Gasteiger partial charge in [-0.15, -0.1) is 0 Å². The fraction of sp³-hybridized carbons (Fsp3) is 0.111. The Bertz CT molecular complexity index is 507. The molecule has 2 aromatic heterocycles. The maximum atomic E-state index is 10.5. The number of rotatable bonds is 2. The van der Waals surface area contributed by atoms with Crippen molar-refractivity contribution in [3.8, 4) is 11.5 Å². The zero-order chi connectivity index (χ0) is 10.8. The first kappa shape index (κ1) is 9.32. The number of nitrogens with zero attached hydrogens (tertiary/aromatic N) is 3. The van der Waals surface area contributed by atoms with Crippen LogP contribution in [-0.4, -0.2) is 14.9 Å². The van der Waals surface area contributed by atoms with E-state index in [9.17, 15) is 10.1 Å². The van der Waals surface area contributed by atoms with E-state index in [4.69, 9.17) is 4.42 Å². The van der Waals surface area contributed by atoms with Crippen LogP contribution in [0.5, 0.6) is 0 Å². The van der Waals surface area contributed by atoms with Crippen molar-refractivity contribution < 1.29 is 9.34 Å². The summed E-state index contributed by atoms with van der Waals surface area (Å²) in [5.41, 5.74) is 0.417. The number of aryl methyl sites for hydroxylation is 1. The number of oxazole rings is 1. The van der Waals surface area contributed by atoms with Gasteiger partial charge in [-0.05, 0) is 6.92 Å². The van der Waals surface area contributed by atoms with E-state index in [1.807, 2.05) is 0 Å². The van der Waals surface area contributed by atoms with E-state index in [0.29, 0.717) is 17.2 Å². The van der Waals surface area contributed by atoms with Crippen molar-refractivity contribution >= 4 is 5.69 Å². The first-order valence-electron chi connectivity index (χ1n) is 4.19. The number of aromatic nitrogens is 2. The van der Waals surface area contributed by atoms with Crippen LogP contribution in [0.2, 0.25) is 0 Å². The van der Waals surface area contributed by atoms with Gasteiger partial charge in [0.1, 0.15) is 12.0 Å². The van der Waals surface area contributed by atoms with Gasteiger partial charge in [0, 0.05) is 12.3 Å². The molecule has 76 valence electrons. The smallest absolute Gasteiger partial charge is 0.288 e. The molecule has 0 aliphatic rings. The minimum Gasteiger partial charge on any atom is -0.441 e. The SMILES string of the molecule is Cc1cnc(-c2cncc([N+](=O)[O-])c2)o1. The van der Waals surface area contributed by atoms with E-state index in [1.165, 1.54) is 18.5 Å². The van der Waals surface area contributed by atoms with Crippen LogP contribution in [0.1, 0.15) is 5.76 Å². The van der Waals surface area contributed by atoms with E-state index in [0.717, 1.165) is 0 Å². The van der Waals surface area contributed by atoms with Gasteiger partial charge in [0.15, 0.2) is 0 Å². The summed E-state index contributed by atoms with van der Waals surface area (Å²) in [4.78, 5) is 17.7. The Balaban J connectivity index is 2.45. The molecule has 15 heavy (non-hydrogen) atoms. The standard InChI is InChI=1S/C9H7N3O3/c1-6-3-11-9(15-6)7-2-8(12(13)14)5-10-4-7/h2-5H,1H3. The van der Waals surface area contributed by atoms with Gasteiger partial charge >= 0.3 is 0 Å². The summed E-state index contributed by atoms with van der Waals surface area (Å²) in [5.74, 6) is 0.986. The molecule has 0 atom stereocenters. The third-order valence-electron chi connectivity index (χ3n) is 1.80. The van der Waals surface area contributed by atoms with E-state index in [-0.39, 0.29) is 5.69 Å². The Morgan fingerprint density at radius 1 is 1.40 bits per heavy atom. The van der Waals surface area contributed by atoms with E-state index in [2.05, 4.69) is 9.97 Å². The van der Waals surface area contributed by atoms with Crippen molar-refractivity contribution in [3.63, 3.8) is 0 Å². The highest BCUT2D eigenvalue weighted by Crippen LogP contribution is 2.21. The monoisotopic (exact) mass is 205 g/mol. The van der Waals surface area contributed by atoms with Crippen molar-refractivity contribution in [2.45, 2.75) is 6.92 Å². The molecule has 0 fully saturated rings. The lowest BCUT2D eigenvalue weighted by atomic mass is 10.2. The zero-order valence-corrected chi connectivity index (χ0v) is 7.88. The van der Waals surface area contributed by atoms with Gasteiger partial charge in [0.2, 0.25) is 5.89 Å². The lowest BCUT2D eigenvalue weighted by molar-refractivity contribution is -0.385. The van der Waals surface area contributed by atoms with Crippen LogP contribution in [0, 0.1) is 17.0 Å². The van der Waals surface area contributed by atoms with Crippen molar-refractivity contribution in [1.29, 1.82) is 0 Å². The Labute approximate surface area is 84.7 Å². The van der Waals surface area contributed by atoms with Crippen LogP contribution in [-0.2, 0) is 0 Å². The largest absolute Gasteiger partial charge is 0.441 e. The molecule has 0 bridgehead atoms. The average molecular weight is 205 g/mol. The average Bonchev–Trinajstić information content (AvgIpc) is 2.65. The number of nitro groups is 1. The maximum Gasteiger partial charge on any atom is 0.288 e. The highest BCUT2D eigenvalue weighted by Gasteiger charge is 2.11. The first-order valence-corrected chi connectivity index (χ1v) is 4.19. The summed E-state index contributed by atoms with van der Waals surface area (Å²) in [7, 11) is 0. The number of hydrogen-bond acceptors (Lipinski definition) is 5. The normalized spacial score (nSPS) is 10.2. The van der Waals surface area contributed by atoms with Crippen LogP contribution in [0.3, 0.4) is 0 Å². The molecule has 2 heterocycles. The first-order chi connectivity index (χ1) is 7.16. The van der Waals surface area contributed by atoms with Crippen LogP contribution in [0.25, 0.3) is 11.5 Å². The predicted octanol–water partition coefficient (Wildman–Crippen LogP) is 1.95. The summed E-state index contributed by atoms with van der Waals surface area (Å²) >= 11 is 0. The summed E-state index contributed by atoms with van der Waals surface area (Å²) in [5, 5.41) is 10.5. The maximum absolute atomic E-state index is 10.5. The van der Waals surface area contributed by atoms with Crippen LogP contribution < -0.4 is 0 Å². The molecule has 0 unspecified atom stereocenters. The van der Waals surface area contributed by atoms with Gasteiger partial charge in [-0.2, -0.15) is 0 Å². The molecular formula is C9H7N3O3. The molecule has 0 aromatic carbocycles. The minimum absolute atomic E-state index is 0.0802. The molecule has 2 aromatic rings. The molecule has 0 N–H and O–H groups in total. The molecule has 0 saturated carbocycles. The molecule has 0 spiro atoms. The van der Waals surface area contributed by atoms with Gasteiger partial charge in [0.25, 0.3) is 5.69 Å². The Morgan fingerprint density at radius 2 is 2.20 bits per heavy atom. The van der Waals surface area contributed by atoms with Crippen molar-refractivity contribution in [3.05, 3.63) is 40.5 Å². The second-order valence-corrected chi connectivity index (χ2v) is 2.96. The quantitative estimate of drug-likeness (QED) is 0.552. The summed E-state index contributed by atoms with van der Waals surface area (Å²) < 4.78 is 5.23. The van der Waals surface area contributed by atoms with E-state index in [1.54, 1.807) is 13.1 Å². The Morgan fingerprint density at radius 3 is 2.80 bits per heavy atom. The third kappa shape index (κ3) is 1.83. The Kier molecular flexibility index (Phi) is 2.17. The van der Waals surface area contributed by atoms with Crippen LogP contribution in [0.4, 0.5) is 5.69 Å². The van der Waals surface area contributed by atoms with Crippen molar-refractivity contribution in [2.24, 2.45) is 0 Å². The molecule has 0 saturated heterocycles. The highest BCUT2D eigenvalue weighted by molar-refractivity contribution is 5.55. The summed E-state index contributed by atoms with van der Waals surface area (Å²) in [6.45, 7) is 1.75.